The van der Waals surface area contributed by atoms with Gasteiger partial charge in [0.25, 0.3) is 5.69 Å². The number of nitro benzene ring substituents is 1. The van der Waals surface area contributed by atoms with E-state index in [0.717, 1.165) is 5.56 Å². The molecule has 4 aromatic rings. The monoisotopic (exact) mass is 747 g/mol. The molecule has 4 atom stereocenters. The number of carbonyl (C=O) groups excluding carboxylic acids is 4. The molecule has 2 aliphatic rings. The number of aromatic nitrogens is 1. The Kier molecular flexibility index (Phi) is 8.60. The minimum absolute atomic E-state index is 0.0644. The van der Waals surface area contributed by atoms with Gasteiger partial charge in [-0.25, -0.2) is 9.78 Å². The minimum atomic E-state index is -0.753. The van der Waals surface area contributed by atoms with Crippen LogP contribution in [0.15, 0.2) is 66.7 Å². The lowest BCUT2D eigenvalue weighted by Gasteiger charge is -2.29. The molecule has 2 amide bonds. The number of imide groups is 1. The third-order valence-corrected chi connectivity index (χ3v) is 11.4. The summed E-state index contributed by atoms with van der Waals surface area (Å²) in [5.74, 6) is -2.46. The number of hydrogen-bond donors (Lipinski definition) is 0. The Morgan fingerprint density at radius 3 is 2.22 bits per heavy atom. The zero-order valence-corrected chi connectivity index (χ0v) is 27.9. The van der Waals surface area contributed by atoms with Crippen molar-refractivity contribution in [3.8, 4) is 11.3 Å². The number of aryl methyl sites for hydroxylation is 2. The summed E-state index contributed by atoms with van der Waals surface area (Å²) in [6.07, 6.45) is 1.16. The van der Waals surface area contributed by atoms with Crippen molar-refractivity contribution in [3.63, 3.8) is 0 Å². The summed E-state index contributed by atoms with van der Waals surface area (Å²) in [6, 6.07) is 18.0. The van der Waals surface area contributed by atoms with Crippen LogP contribution in [-0.4, -0.2) is 49.7 Å². The average Bonchev–Trinajstić information content (AvgIpc) is 3.27. The Balaban J connectivity index is 1.27. The first-order valence-electron chi connectivity index (χ1n) is 14.6. The predicted molar refractivity (Wildman–Crippen MR) is 178 cm³/mol. The predicted octanol–water partition coefficient (Wildman–Crippen LogP) is 6.89. The number of anilines is 1. The van der Waals surface area contributed by atoms with Gasteiger partial charge in [0.15, 0.2) is 6.61 Å². The quantitative estimate of drug-likeness (QED) is 0.0498. The molecule has 4 unspecified atom stereocenters. The first-order valence-corrected chi connectivity index (χ1v) is 16.4. The van der Waals surface area contributed by atoms with Crippen LogP contribution in [0.2, 0.25) is 0 Å². The van der Waals surface area contributed by atoms with Gasteiger partial charge < -0.3 is 4.74 Å². The molecule has 0 N–H and O–H groups in total. The average molecular weight is 749 g/mol. The molecule has 3 aromatic carbocycles. The van der Waals surface area contributed by atoms with Gasteiger partial charge in [-0.3, -0.25) is 29.4 Å². The number of benzene rings is 3. The van der Waals surface area contributed by atoms with Gasteiger partial charge in [0, 0.05) is 37.8 Å². The van der Waals surface area contributed by atoms with Crippen molar-refractivity contribution < 1.29 is 28.8 Å². The van der Waals surface area contributed by atoms with Gasteiger partial charge in [-0.1, -0.05) is 74.3 Å². The number of ketones is 1. The van der Waals surface area contributed by atoms with Crippen molar-refractivity contribution in [2.75, 3.05) is 11.5 Å². The van der Waals surface area contributed by atoms with E-state index in [0.29, 0.717) is 46.3 Å². The van der Waals surface area contributed by atoms with Crippen molar-refractivity contribution >= 4 is 77.7 Å². The normalized spacial score (nSPS) is 20.9. The lowest BCUT2D eigenvalue weighted by Crippen LogP contribution is -2.34. The Labute approximate surface area is 280 Å². The van der Waals surface area contributed by atoms with Crippen molar-refractivity contribution in [3.05, 3.63) is 99.1 Å². The third-order valence-electron chi connectivity index (χ3n) is 8.66. The number of Topliss-reactive ketones (excluding diaryl/α,β-unsaturated/α-hetero) is 1. The zero-order chi connectivity index (χ0) is 32.9. The van der Waals surface area contributed by atoms with Crippen LogP contribution < -0.4 is 4.90 Å². The summed E-state index contributed by atoms with van der Waals surface area (Å²) in [7, 11) is 0. The molecule has 10 nitrogen and oxygen atoms in total. The zero-order valence-electron chi connectivity index (χ0n) is 24.7. The fourth-order valence-corrected chi connectivity index (χ4v) is 7.35. The second kappa shape index (κ2) is 12.5. The number of amides is 2. The lowest BCUT2D eigenvalue weighted by atomic mass is 9.81. The van der Waals surface area contributed by atoms with Crippen LogP contribution in [0.3, 0.4) is 0 Å². The molecule has 234 valence electrons. The van der Waals surface area contributed by atoms with E-state index in [4.69, 9.17) is 9.72 Å². The number of ether oxygens (including phenoxy) is 1. The number of carbonyl (C=O) groups is 4. The number of esters is 1. The van der Waals surface area contributed by atoms with E-state index in [1.807, 2.05) is 13.0 Å². The number of nitrogens with zero attached hydrogens (tertiary/aromatic N) is 3. The number of hydrogen-bond acceptors (Lipinski definition) is 8. The number of fused-ring (bicyclic) bond motifs is 2. The number of alkyl halides is 2. The molecule has 1 saturated heterocycles. The molecule has 0 bridgehead atoms. The first kappa shape index (κ1) is 31.7. The SMILES string of the molecule is Cc1ccc(C(=O)COC(=O)c2cc(-c3ccc(N4C(=O)C5CC(Br)C(Br)CC5C4=O)cc3)nc3c(C)cccc23)cc1[N+](=O)[O-]. The molecule has 0 radical (unpaired) electrons. The van der Waals surface area contributed by atoms with E-state index in [-0.39, 0.29) is 50.1 Å². The highest BCUT2D eigenvalue weighted by molar-refractivity contribution is 9.12. The maximum Gasteiger partial charge on any atom is 0.339 e. The Bertz CT molecular complexity index is 1920. The van der Waals surface area contributed by atoms with Crippen LogP contribution in [0.5, 0.6) is 0 Å². The smallest absolute Gasteiger partial charge is 0.339 e. The highest BCUT2D eigenvalue weighted by Crippen LogP contribution is 2.44. The van der Waals surface area contributed by atoms with E-state index < -0.39 is 23.3 Å². The Hall–Kier alpha value is -4.29. The molecule has 6 rings (SSSR count). The summed E-state index contributed by atoms with van der Waals surface area (Å²) in [6.45, 7) is 2.83. The second-order valence-electron chi connectivity index (χ2n) is 11.6. The Morgan fingerprint density at radius 1 is 0.935 bits per heavy atom. The van der Waals surface area contributed by atoms with Crippen LogP contribution >= 0.6 is 31.9 Å². The molecule has 1 aliphatic heterocycles. The first-order chi connectivity index (χ1) is 21.9. The van der Waals surface area contributed by atoms with E-state index in [9.17, 15) is 29.3 Å². The van der Waals surface area contributed by atoms with Crippen LogP contribution in [0.1, 0.15) is 44.7 Å². The summed E-state index contributed by atoms with van der Waals surface area (Å²) in [5, 5.41) is 11.8. The van der Waals surface area contributed by atoms with Gasteiger partial charge in [-0.15, -0.1) is 0 Å². The lowest BCUT2D eigenvalue weighted by molar-refractivity contribution is -0.385. The fraction of sp³-hybridized carbons (Fsp3) is 0.265. The van der Waals surface area contributed by atoms with E-state index in [1.54, 1.807) is 49.4 Å². The molecular weight excluding hydrogens is 722 g/mol. The van der Waals surface area contributed by atoms with Crippen LogP contribution in [0, 0.1) is 35.8 Å². The largest absolute Gasteiger partial charge is 0.454 e. The van der Waals surface area contributed by atoms with Crippen LogP contribution in [0.25, 0.3) is 22.2 Å². The highest BCUT2D eigenvalue weighted by Gasteiger charge is 2.52. The second-order valence-corrected chi connectivity index (χ2v) is 13.9. The van der Waals surface area contributed by atoms with Gasteiger partial charge in [0.05, 0.1) is 39.2 Å². The van der Waals surface area contributed by atoms with E-state index in [2.05, 4.69) is 31.9 Å². The van der Waals surface area contributed by atoms with Gasteiger partial charge in [0.2, 0.25) is 17.6 Å². The van der Waals surface area contributed by atoms with Gasteiger partial charge in [-0.2, -0.15) is 0 Å². The summed E-state index contributed by atoms with van der Waals surface area (Å²) in [5.41, 5.74) is 3.43. The van der Waals surface area contributed by atoms with Crippen molar-refractivity contribution in [1.82, 2.24) is 4.98 Å². The summed E-state index contributed by atoms with van der Waals surface area (Å²) >= 11 is 7.23. The summed E-state index contributed by atoms with van der Waals surface area (Å²) < 4.78 is 5.41. The molecule has 46 heavy (non-hydrogen) atoms. The molecule has 1 aromatic heterocycles. The number of para-hydroxylation sites is 1. The molecule has 12 heteroatoms. The van der Waals surface area contributed by atoms with E-state index in [1.165, 1.54) is 23.1 Å². The highest BCUT2D eigenvalue weighted by atomic mass is 79.9. The molecule has 1 aliphatic carbocycles. The minimum Gasteiger partial charge on any atom is -0.454 e. The fourth-order valence-electron chi connectivity index (χ4n) is 6.11. The van der Waals surface area contributed by atoms with Crippen molar-refractivity contribution in [2.45, 2.75) is 36.3 Å². The maximum absolute atomic E-state index is 13.4. The standard InChI is InChI=1S/C34H27Br2N3O7/c1-17-6-7-20(12-29(17)39(44)45)30(40)16-46-34(43)25-15-28(37-31-18(2)4-3-5-22(25)31)19-8-10-21(11-9-19)38-32(41)23-13-26(35)27(36)14-24(23)33(38)42/h3-12,15,23-24,26-27H,13-14,16H2,1-2H3. The van der Waals surface area contributed by atoms with Gasteiger partial charge in [0.1, 0.15) is 0 Å². The maximum atomic E-state index is 13.4. The number of nitro groups is 1. The van der Waals surface area contributed by atoms with Gasteiger partial charge in [-0.05, 0) is 50.5 Å². The molecule has 2 heterocycles. The molecule has 0 spiro atoms. The van der Waals surface area contributed by atoms with E-state index >= 15 is 0 Å². The molecule has 1 saturated carbocycles. The number of halogens is 2. The number of rotatable bonds is 7. The molecule has 2 fully saturated rings. The van der Waals surface area contributed by atoms with Crippen molar-refractivity contribution in [1.29, 1.82) is 0 Å². The third kappa shape index (κ3) is 5.75. The molecular formula is C34H27Br2N3O7. The van der Waals surface area contributed by atoms with Crippen molar-refractivity contribution in [2.24, 2.45) is 11.8 Å². The Morgan fingerprint density at radius 2 is 1.59 bits per heavy atom. The van der Waals surface area contributed by atoms with Crippen LogP contribution in [-0.2, 0) is 14.3 Å². The number of pyridine rings is 1. The topological polar surface area (TPSA) is 137 Å². The van der Waals surface area contributed by atoms with Crippen LogP contribution in [0.4, 0.5) is 11.4 Å². The summed E-state index contributed by atoms with van der Waals surface area (Å²) in [4.78, 5) is 69.8. The van der Waals surface area contributed by atoms with Gasteiger partial charge >= 0.3 is 5.97 Å².